The van der Waals surface area contributed by atoms with Gasteiger partial charge in [-0.05, 0) is 41.0 Å². The van der Waals surface area contributed by atoms with Crippen molar-refractivity contribution in [2.45, 2.75) is 58.6 Å². The van der Waals surface area contributed by atoms with Crippen LogP contribution in [-0.4, -0.2) is 23.5 Å². The van der Waals surface area contributed by atoms with Crippen molar-refractivity contribution in [2.75, 3.05) is 6.61 Å². The third-order valence-electron chi connectivity index (χ3n) is 2.20. The Bertz CT molecular complexity index is 215. The average molecular weight is 233 g/mol. The number of ketones is 1. The lowest BCUT2D eigenvalue weighted by Gasteiger charge is -2.28. The summed E-state index contributed by atoms with van der Waals surface area (Å²) in [6.07, 6.45) is 1.32. The van der Waals surface area contributed by atoms with Crippen LogP contribution in [-0.2, 0) is 9.53 Å². The lowest BCUT2D eigenvalue weighted by molar-refractivity contribution is -0.123. The van der Waals surface area contributed by atoms with Crippen molar-refractivity contribution >= 4 is 18.6 Å². The zero-order valence-corrected chi connectivity index (χ0v) is 11.3. The maximum Gasteiger partial charge on any atom is 0.132 e. The van der Waals surface area contributed by atoms with Gasteiger partial charge >= 0.3 is 0 Å². The van der Waals surface area contributed by atoms with Crippen molar-refractivity contribution in [3.63, 3.8) is 0 Å². The van der Waals surface area contributed by atoms with Crippen LogP contribution < -0.4 is 4.72 Å². The first-order valence-corrected chi connectivity index (χ1v) is 5.68. The third kappa shape index (κ3) is 7.82. The highest BCUT2D eigenvalue weighted by Crippen LogP contribution is 2.17. The molecule has 3 nitrogen and oxygen atoms in total. The van der Waals surface area contributed by atoms with Crippen LogP contribution in [0.4, 0.5) is 0 Å². The second-order valence-corrected chi connectivity index (χ2v) is 5.46. The first kappa shape index (κ1) is 14.9. The van der Waals surface area contributed by atoms with E-state index >= 15 is 0 Å². The number of nitrogens with one attached hydrogen (secondary N) is 1. The normalized spacial score (nSPS) is 12.9. The molecule has 0 atom stereocenters. The number of hydrogen-bond acceptors (Lipinski definition) is 4. The van der Waals surface area contributed by atoms with E-state index in [1.807, 2.05) is 13.8 Å². The van der Waals surface area contributed by atoms with E-state index in [9.17, 15) is 4.79 Å². The highest BCUT2D eigenvalue weighted by atomic mass is 32.1. The first-order valence-electron chi connectivity index (χ1n) is 5.23. The standard InChI is InChI=1S/C11H23NO2S/c1-9(13)8-11(4,5)14-7-6-10(2,3)12-15/h12,15H,6-8H2,1-5H3. The van der Waals surface area contributed by atoms with E-state index in [1.54, 1.807) is 6.92 Å². The summed E-state index contributed by atoms with van der Waals surface area (Å²) in [5.41, 5.74) is -0.409. The summed E-state index contributed by atoms with van der Waals surface area (Å²) in [6, 6.07) is 0. The minimum Gasteiger partial charge on any atom is -0.375 e. The lowest BCUT2D eigenvalue weighted by atomic mass is 10.0. The molecular weight excluding hydrogens is 210 g/mol. The Kier molecular flexibility index (Phi) is 5.85. The SMILES string of the molecule is CC(=O)CC(C)(C)OCCC(C)(C)NS. The van der Waals surface area contributed by atoms with E-state index in [-0.39, 0.29) is 16.9 Å². The van der Waals surface area contributed by atoms with Gasteiger partial charge in [0.05, 0.1) is 5.60 Å². The van der Waals surface area contributed by atoms with Gasteiger partial charge in [0.2, 0.25) is 0 Å². The van der Waals surface area contributed by atoms with Gasteiger partial charge in [-0.25, -0.2) is 0 Å². The molecule has 0 aromatic rings. The second-order valence-electron chi connectivity index (χ2n) is 5.23. The fraction of sp³-hybridized carbons (Fsp3) is 0.909. The zero-order valence-electron chi connectivity index (χ0n) is 10.4. The third-order valence-corrected chi connectivity index (χ3v) is 2.80. The number of carbonyl (C=O) groups excluding carboxylic acids is 1. The van der Waals surface area contributed by atoms with Gasteiger partial charge in [0.15, 0.2) is 0 Å². The summed E-state index contributed by atoms with van der Waals surface area (Å²) in [4.78, 5) is 11.0. The molecule has 0 bridgehead atoms. The molecule has 0 aliphatic carbocycles. The van der Waals surface area contributed by atoms with Crippen LogP contribution in [0.3, 0.4) is 0 Å². The van der Waals surface area contributed by atoms with Gasteiger partial charge in [-0.2, -0.15) is 0 Å². The van der Waals surface area contributed by atoms with Crippen LogP contribution in [0.1, 0.15) is 47.5 Å². The molecule has 0 heterocycles. The van der Waals surface area contributed by atoms with Crippen LogP contribution in [0.15, 0.2) is 0 Å². The molecule has 0 radical (unpaired) electrons. The van der Waals surface area contributed by atoms with E-state index < -0.39 is 0 Å². The molecule has 4 heteroatoms. The van der Waals surface area contributed by atoms with Gasteiger partial charge < -0.3 is 4.74 Å². The van der Waals surface area contributed by atoms with Crippen LogP contribution >= 0.6 is 12.8 Å². The Hall–Kier alpha value is -0.0600. The van der Waals surface area contributed by atoms with Gasteiger partial charge in [0.25, 0.3) is 0 Å². The van der Waals surface area contributed by atoms with Crippen molar-refractivity contribution in [3.05, 3.63) is 0 Å². The Morgan fingerprint density at radius 2 is 1.87 bits per heavy atom. The minimum atomic E-state index is -0.363. The minimum absolute atomic E-state index is 0.0462. The van der Waals surface area contributed by atoms with Crippen LogP contribution in [0.5, 0.6) is 0 Å². The highest BCUT2D eigenvalue weighted by Gasteiger charge is 2.22. The predicted octanol–water partition coefficient (Wildman–Crippen LogP) is 2.36. The van der Waals surface area contributed by atoms with Gasteiger partial charge in [0, 0.05) is 18.6 Å². The maximum atomic E-state index is 11.0. The number of thiol groups is 1. The number of carbonyl (C=O) groups is 1. The van der Waals surface area contributed by atoms with E-state index in [0.717, 1.165) is 6.42 Å². The first-order chi connectivity index (χ1) is 6.68. The Balaban J connectivity index is 3.89. The van der Waals surface area contributed by atoms with Crippen molar-refractivity contribution in [2.24, 2.45) is 0 Å². The van der Waals surface area contributed by atoms with Gasteiger partial charge in [-0.15, -0.1) is 0 Å². The molecule has 0 rings (SSSR count). The molecule has 0 fully saturated rings. The summed E-state index contributed by atoms with van der Waals surface area (Å²) in [7, 11) is 0. The molecule has 0 aromatic carbocycles. The van der Waals surface area contributed by atoms with Crippen molar-refractivity contribution < 1.29 is 9.53 Å². The maximum absolute atomic E-state index is 11.0. The number of ether oxygens (including phenoxy) is 1. The average Bonchev–Trinajstić information content (AvgIpc) is 2.00. The highest BCUT2D eigenvalue weighted by molar-refractivity contribution is 7.78. The lowest BCUT2D eigenvalue weighted by Crippen LogP contribution is -2.36. The molecule has 0 aliphatic heterocycles. The molecule has 0 amide bonds. The Morgan fingerprint density at radius 1 is 1.33 bits per heavy atom. The summed E-state index contributed by atoms with van der Waals surface area (Å²) < 4.78 is 8.60. The van der Waals surface area contributed by atoms with Gasteiger partial charge in [0.1, 0.15) is 5.78 Å². The molecule has 1 N–H and O–H groups in total. The van der Waals surface area contributed by atoms with E-state index in [2.05, 4.69) is 31.4 Å². The quantitative estimate of drug-likeness (QED) is 0.663. The van der Waals surface area contributed by atoms with Gasteiger partial charge in [-0.3, -0.25) is 9.52 Å². The Labute approximate surface area is 98.5 Å². The molecular formula is C11H23NO2S. The van der Waals surface area contributed by atoms with Crippen molar-refractivity contribution in [3.8, 4) is 0 Å². The molecule has 0 unspecified atom stereocenters. The summed E-state index contributed by atoms with van der Waals surface area (Å²) >= 11 is 4.04. The van der Waals surface area contributed by atoms with Crippen LogP contribution in [0.25, 0.3) is 0 Å². The number of rotatable bonds is 7. The zero-order chi connectivity index (χ0) is 12.1. The van der Waals surface area contributed by atoms with Crippen LogP contribution in [0.2, 0.25) is 0 Å². The Morgan fingerprint density at radius 3 is 2.27 bits per heavy atom. The van der Waals surface area contributed by atoms with E-state index in [4.69, 9.17) is 4.74 Å². The van der Waals surface area contributed by atoms with Gasteiger partial charge in [-0.1, -0.05) is 12.8 Å². The van der Waals surface area contributed by atoms with E-state index in [0.29, 0.717) is 13.0 Å². The summed E-state index contributed by atoms with van der Waals surface area (Å²) in [6.45, 7) is 10.2. The molecule has 0 spiro atoms. The second kappa shape index (κ2) is 5.87. The molecule has 0 saturated heterocycles. The molecule has 15 heavy (non-hydrogen) atoms. The summed E-state index contributed by atoms with van der Waals surface area (Å²) in [5.74, 6) is 0.159. The molecule has 90 valence electrons. The van der Waals surface area contributed by atoms with Crippen molar-refractivity contribution in [1.29, 1.82) is 0 Å². The largest absolute Gasteiger partial charge is 0.375 e. The monoisotopic (exact) mass is 233 g/mol. The molecule has 0 aromatic heterocycles. The fourth-order valence-corrected chi connectivity index (χ4v) is 1.40. The predicted molar refractivity (Wildman–Crippen MR) is 66.1 cm³/mol. The van der Waals surface area contributed by atoms with E-state index in [1.165, 1.54) is 0 Å². The van der Waals surface area contributed by atoms with Crippen molar-refractivity contribution in [1.82, 2.24) is 4.72 Å². The number of hydrogen-bond donors (Lipinski definition) is 2. The molecule has 0 aliphatic rings. The van der Waals surface area contributed by atoms with Crippen LogP contribution in [0, 0.1) is 0 Å². The topological polar surface area (TPSA) is 38.3 Å². The summed E-state index contributed by atoms with van der Waals surface area (Å²) in [5, 5.41) is 0. The fourth-order valence-electron chi connectivity index (χ4n) is 1.29. The molecule has 0 saturated carbocycles. The number of Topliss-reactive ketones (excluding diaryl/α,β-unsaturated/α-hetero) is 1. The smallest absolute Gasteiger partial charge is 0.132 e.